The largest absolute Gasteiger partial charge is 0.441 e. The van der Waals surface area contributed by atoms with Crippen LogP contribution in [0.4, 0.5) is 0 Å². The molecule has 2 aliphatic heterocycles. The molecule has 146 valence electrons. The van der Waals surface area contributed by atoms with E-state index in [9.17, 15) is 18.0 Å². The van der Waals surface area contributed by atoms with Crippen LogP contribution in [0.2, 0.25) is 0 Å². The normalized spacial score (nSPS) is 26.4. The third-order valence-electron chi connectivity index (χ3n) is 5.13. The van der Waals surface area contributed by atoms with E-state index in [-0.39, 0.29) is 17.8 Å². The van der Waals surface area contributed by atoms with Gasteiger partial charge in [0.15, 0.2) is 6.23 Å². The van der Waals surface area contributed by atoms with Crippen LogP contribution in [0.3, 0.4) is 0 Å². The zero-order valence-corrected chi connectivity index (χ0v) is 16.5. The first-order valence-electron chi connectivity index (χ1n) is 8.89. The van der Waals surface area contributed by atoms with Crippen LogP contribution in [0, 0.1) is 5.92 Å². The number of carbonyl (C=O) groups excluding carboxylic acids is 2. The van der Waals surface area contributed by atoms with Crippen LogP contribution in [-0.2, 0) is 24.3 Å². The molecule has 27 heavy (non-hydrogen) atoms. The van der Waals surface area contributed by atoms with E-state index in [2.05, 4.69) is 5.32 Å². The highest BCUT2D eigenvalue weighted by atomic mass is 32.2. The average Bonchev–Trinajstić information content (AvgIpc) is 2.87. The minimum absolute atomic E-state index is 0.163. The molecule has 0 aromatic heterocycles. The molecule has 0 spiro atoms. The number of cyclic esters (lactones) is 1. The average molecular weight is 392 g/mol. The van der Waals surface area contributed by atoms with Crippen LogP contribution in [0.15, 0.2) is 30.3 Å². The first-order chi connectivity index (χ1) is 12.7. The number of hydrogen-bond acceptors (Lipinski definition) is 5. The van der Waals surface area contributed by atoms with Crippen LogP contribution < -0.4 is 5.32 Å². The van der Waals surface area contributed by atoms with E-state index in [0.717, 1.165) is 16.7 Å². The molecule has 0 radical (unpaired) electrons. The van der Waals surface area contributed by atoms with Crippen molar-refractivity contribution < 1.29 is 22.7 Å². The molecule has 3 rings (SSSR count). The summed E-state index contributed by atoms with van der Waals surface area (Å²) in [5.74, 6) is -1.15. The molecule has 3 atom stereocenters. The smallest absolute Gasteiger partial charge is 0.315 e. The van der Waals surface area contributed by atoms with Gasteiger partial charge in [0, 0.05) is 25.9 Å². The Morgan fingerprint density at radius 1 is 1.26 bits per heavy atom. The summed E-state index contributed by atoms with van der Waals surface area (Å²) in [4.78, 5) is 23.5. The summed E-state index contributed by atoms with van der Waals surface area (Å²) in [5, 5.41) is 2.66. The zero-order chi connectivity index (χ0) is 19.8. The van der Waals surface area contributed by atoms with Crippen LogP contribution in [-0.4, -0.2) is 50.2 Å². The van der Waals surface area contributed by atoms with Crippen LogP contribution in [0.1, 0.15) is 37.3 Å². The van der Waals surface area contributed by atoms with Crippen molar-refractivity contribution in [1.29, 1.82) is 0 Å². The molecule has 0 aliphatic carbocycles. The van der Waals surface area contributed by atoms with E-state index < -0.39 is 22.2 Å². The lowest BCUT2D eigenvalue weighted by Crippen LogP contribution is -2.36. The van der Waals surface area contributed by atoms with Gasteiger partial charge in [0.2, 0.25) is 15.9 Å². The van der Waals surface area contributed by atoms with E-state index in [1.54, 1.807) is 0 Å². The molecule has 2 unspecified atom stereocenters. The molecule has 0 bridgehead atoms. The summed E-state index contributed by atoms with van der Waals surface area (Å²) >= 11 is 0. The van der Waals surface area contributed by atoms with Gasteiger partial charge in [-0.1, -0.05) is 37.3 Å². The van der Waals surface area contributed by atoms with Gasteiger partial charge in [-0.3, -0.25) is 9.59 Å². The molecule has 7 nitrogen and oxygen atoms in total. The summed E-state index contributed by atoms with van der Waals surface area (Å²) in [7, 11) is -3.17. The van der Waals surface area contributed by atoms with Gasteiger partial charge < -0.3 is 10.1 Å². The summed E-state index contributed by atoms with van der Waals surface area (Å²) in [6.07, 6.45) is 3.19. The van der Waals surface area contributed by atoms with Crippen molar-refractivity contribution in [3.8, 4) is 0 Å². The number of carbonyl (C=O) groups is 2. The van der Waals surface area contributed by atoms with E-state index in [4.69, 9.17) is 4.74 Å². The molecular weight excluding hydrogens is 368 g/mol. The van der Waals surface area contributed by atoms with Gasteiger partial charge in [-0.25, -0.2) is 8.42 Å². The van der Waals surface area contributed by atoms with Crippen molar-refractivity contribution in [1.82, 2.24) is 9.62 Å². The third-order valence-corrected chi connectivity index (χ3v) is 6.40. The van der Waals surface area contributed by atoms with Crippen molar-refractivity contribution in [3.05, 3.63) is 41.5 Å². The van der Waals surface area contributed by atoms with Gasteiger partial charge in [0.1, 0.15) is 0 Å². The first kappa shape index (κ1) is 19.6. The van der Waals surface area contributed by atoms with Gasteiger partial charge in [0.05, 0.1) is 12.2 Å². The Morgan fingerprint density at radius 2 is 1.93 bits per heavy atom. The molecule has 8 heteroatoms. The van der Waals surface area contributed by atoms with Gasteiger partial charge in [-0.05, 0) is 23.1 Å². The second kappa shape index (κ2) is 7.44. The zero-order valence-electron chi connectivity index (χ0n) is 15.6. The van der Waals surface area contributed by atoms with Crippen LogP contribution >= 0.6 is 0 Å². The third kappa shape index (κ3) is 4.22. The number of rotatable bonds is 4. The maximum atomic E-state index is 12.2. The molecule has 2 aliphatic rings. The predicted molar refractivity (Wildman–Crippen MR) is 101 cm³/mol. The molecular formula is C19H24N2O5S. The standard InChI is InChI=1S/C19H24N2O5S/c1-12-17(19(23)26-18(12)20-13(2)22)16-6-4-14(5-7-16)15-8-10-21(11-9-15)27(3,24)25/h4-8,12,17-18H,9-11H2,1-3H3,(H,20,22)/t12?,17?,18-/m1/s1. The minimum atomic E-state index is -3.17. The number of esters is 1. The Balaban J connectivity index is 1.74. The highest BCUT2D eigenvalue weighted by Crippen LogP contribution is 2.36. The lowest BCUT2D eigenvalue weighted by molar-refractivity contribution is -0.144. The predicted octanol–water partition coefficient (Wildman–Crippen LogP) is 1.47. The van der Waals surface area contributed by atoms with Crippen LogP contribution in [0.25, 0.3) is 5.57 Å². The topological polar surface area (TPSA) is 92.8 Å². The Bertz CT molecular complexity index is 876. The molecule has 1 fully saturated rings. The van der Waals surface area contributed by atoms with Crippen LogP contribution in [0.5, 0.6) is 0 Å². The Kier molecular flexibility index (Phi) is 5.39. The number of sulfonamides is 1. The Labute approximate surface area is 159 Å². The summed E-state index contributed by atoms with van der Waals surface area (Å²) in [5.41, 5.74) is 2.96. The number of nitrogens with one attached hydrogen (secondary N) is 1. The van der Waals surface area contributed by atoms with Crippen molar-refractivity contribution in [2.24, 2.45) is 5.92 Å². The van der Waals surface area contributed by atoms with Crippen molar-refractivity contribution >= 4 is 27.5 Å². The summed E-state index contributed by atoms with van der Waals surface area (Å²) < 4.78 is 30.0. The lowest BCUT2D eigenvalue weighted by atomic mass is 9.87. The minimum Gasteiger partial charge on any atom is -0.441 e. The molecule has 1 aromatic carbocycles. The number of benzene rings is 1. The monoisotopic (exact) mass is 392 g/mol. The molecule has 1 aromatic rings. The lowest BCUT2D eigenvalue weighted by Gasteiger charge is -2.24. The van der Waals surface area contributed by atoms with Gasteiger partial charge in [-0.2, -0.15) is 4.31 Å². The fraction of sp³-hybridized carbons (Fsp3) is 0.474. The van der Waals surface area contributed by atoms with Crippen molar-refractivity contribution in [2.75, 3.05) is 19.3 Å². The molecule has 2 heterocycles. The number of ether oxygens (including phenoxy) is 1. The number of hydrogen-bond donors (Lipinski definition) is 1. The Hall–Kier alpha value is -2.19. The maximum absolute atomic E-state index is 12.2. The highest BCUT2D eigenvalue weighted by molar-refractivity contribution is 7.88. The molecule has 1 saturated heterocycles. The van der Waals surface area contributed by atoms with Crippen molar-refractivity contribution in [3.63, 3.8) is 0 Å². The van der Waals surface area contributed by atoms with E-state index >= 15 is 0 Å². The second-order valence-electron chi connectivity index (χ2n) is 7.12. The van der Waals surface area contributed by atoms with Gasteiger partial charge in [0.25, 0.3) is 0 Å². The summed E-state index contributed by atoms with van der Waals surface area (Å²) in [6.45, 7) is 4.12. The van der Waals surface area contributed by atoms with E-state index in [0.29, 0.717) is 19.5 Å². The van der Waals surface area contributed by atoms with E-state index in [1.165, 1.54) is 17.5 Å². The van der Waals surface area contributed by atoms with Gasteiger partial charge >= 0.3 is 5.97 Å². The fourth-order valence-corrected chi connectivity index (χ4v) is 4.38. The highest BCUT2D eigenvalue weighted by Gasteiger charge is 2.43. The number of amides is 1. The molecule has 1 amide bonds. The Morgan fingerprint density at radius 3 is 2.44 bits per heavy atom. The van der Waals surface area contributed by atoms with Crippen molar-refractivity contribution in [2.45, 2.75) is 32.4 Å². The molecule has 0 saturated carbocycles. The fourth-order valence-electron chi connectivity index (χ4n) is 3.61. The molecule has 1 N–H and O–H groups in total. The first-order valence-corrected chi connectivity index (χ1v) is 10.7. The van der Waals surface area contributed by atoms with E-state index in [1.807, 2.05) is 37.3 Å². The summed E-state index contributed by atoms with van der Waals surface area (Å²) in [6, 6.07) is 7.70. The SMILES string of the molecule is CC(=O)N[C@@H]1OC(=O)C(c2ccc(C3=CCN(S(C)(=O)=O)CC3)cc2)C1C. The van der Waals surface area contributed by atoms with Gasteiger partial charge in [-0.15, -0.1) is 0 Å². The quantitative estimate of drug-likeness (QED) is 0.784. The maximum Gasteiger partial charge on any atom is 0.315 e. The second-order valence-corrected chi connectivity index (χ2v) is 9.10. The number of nitrogens with zero attached hydrogens (tertiary/aromatic N) is 1.